The van der Waals surface area contributed by atoms with Crippen molar-refractivity contribution in [2.45, 2.75) is 26.4 Å². The van der Waals surface area contributed by atoms with E-state index in [-0.39, 0.29) is 24.0 Å². The van der Waals surface area contributed by atoms with Gasteiger partial charge < -0.3 is 15.2 Å². The number of aryl methyl sites for hydroxylation is 1. The third-order valence-corrected chi connectivity index (χ3v) is 3.20. The Morgan fingerprint density at radius 3 is 2.96 bits per heavy atom. The fourth-order valence-electron chi connectivity index (χ4n) is 2.03. The Morgan fingerprint density at radius 2 is 2.25 bits per heavy atom. The lowest BCUT2D eigenvalue weighted by Gasteiger charge is -2.12. The lowest BCUT2D eigenvalue weighted by molar-refractivity contribution is 0.633. The summed E-state index contributed by atoms with van der Waals surface area (Å²) in [6.45, 7) is 8.49. The van der Waals surface area contributed by atoms with Gasteiger partial charge in [0.2, 0.25) is 0 Å². The van der Waals surface area contributed by atoms with Crippen LogP contribution in [0.4, 0.5) is 0 Å². The Morgan fingerprint density at radius 1 is 1.38 bits per heavy atom. The van der Waals surface area contributed by atoms with Crippen LogP contribution in [0.25, 0.3) is 0 Å². The Hall–Kier alpha value is -1.97. The first-order valence-electron chi connectivity index (χ1n) is 7.73. The van der Waals surface area contributed by atoms with Crippen molar-refractivity contribution < 1.29 is 0 Å². The molecule has 0 atom stereocenters. The van der Waals surface area contributed by atoms with Gasteiger partial charge in [-0.3, -0.25) is 4.98 Å². The lowest BCUT2D eigenvalue weighted by Crippen LogP contribution is -2.39. The van der Waals surface area contributed by atoms with Crippen molar-refractivity contribution in [1.29, 1.82) is 0 Å². The van der Waals surface area contributed by atoms with E-state index < -0.39 is 0 Å². The first-order chi connectivity index (χ1) is 11.3. The van der Waals surface area contributed by atoms with E-state index in [2.05, 4.69) is 44.3 Å². The highest BCUT2D eigenvalue weighted by molar-refractivity contribution is 14.0. The summed E-state index contributed by atoms with van der Waals surface area (Å²) < 4.78 is 2.04. The number of aromatic nitrogens is 4. The summed E-state index contributed by atoms with van der Waals surface area (Å²) in [5, 5.41) is 14.5. The zero-order chi connectivity index (χ0) is 16.3. The van der Waals surface area contributed by atoms with Gasteiger partial charge in [-0.05, 0) is 12.1 Å². The van der Waals surface area contributed by atoms with Crippen molar-refractivity contribution >= 4 is 29.9 Å². The normalized spacial score (nSPS) is 10.8. The predicted octanol–water partition coefficient (Wildman–Crippen LogP) is 1.77. The summed E-state index contributed by atoms with van der Waals surface area (Å²) in [4.78, 5) is 8.81. The number of halogens is 1. The molecule has 0 radical (unpaired) electrons. The second-order valence-electron chi connectivity index (χ2n) is 4.88. The summed E-state index contributed by atoms with van der Waals surface area (Å²) in [5.41, 5.74) is 0.930. The molecule has 2 aromatic heterocycles. The van der Waals surface area contributed by atoms with Crippen LogP contribution in [0.15, 0.2) is 48.4 Å². The largest absolute Gasteiger partial charge is 0.355 e. The number of rotatable bonds is 8. The van der Waals surface area contributed by atoms with Crippen LogP contribution in [0.2, 0.25) is 0 Å². The van der Waals surface area contributed by atoms with E-state index in [0.717, 1.165) is 37.0 Å². The summed E-state index contributed by atoms with van der Waals surface area (Å²) in [6, 6.07) is 5.81. The molecule has 0 saturated heterocycles. The summed E-state index contributed by atoms with van der Waals surface area (Å²) >= 11 is 0. The Labute approximate surface area is 159 Å². The minimum atomic E-state index is 0. The quantitative estimate of drug-likeness (QED) is 0.283. The third-order valence-electron chi connectivity index (χ3n) is 3.20. The van der Waals surface area contributed by atoms with Gasteiger partial charge in [0.05, 0.1) is 12.2 Å². The topological polar surface area (TPSA) is 80.0 Å². The number of guanidine groups is 1. The molecule has 7 nitrogen and oxygen atoms in total. The molecule has 0 spiro atoms. The Bertz CT molecular complexity index is 624. The summed E-state index contributed by atoms with van der Waals surface area (Å²) in [5.74, 6) is 1.72. The zero-order valence-electron chi connectivity index (χ0n) is 13.9. The van der Waals surface area contributed by atoms with E-state index >= 15 is 0 Å². The van der Waals surface area contributed by atoms with Crippen LogP contribution in [0, 0.1) is 0 Å². The first-order valence-corrected chi connectivity index (χ1v) is 7.73. The average molecular weight is 441 g/mol. The van der Waals surface area contributed by atoms with Crippen LogP contribution in [0.5, 0.6) is 0 Å². The van der Waals surface area contributed by atoms with E-state index in [1.807, 2.05) is 22.8 Å². The van der Waals surface area contributed by atoms with Gasteiger partial charge in [-0.25, -0.2) is 4.99 Å². The molecule has 0 aliphatic rings. The van der Waals surface area contributed by atoms with E-state index in [9.17, 15) is 0 Å². The van der Waals surface area contributed by atoms with Crippen molar-refractivity contribution in [2.24, 2.45) is 4.99 Å². The average Bonchev–Trinajstić information content (AvgIpc) is 3.05. The minimum Gasteiger partial charge on any atom is -0.355 e. The van der Waals surface area contributed by atoms with Crippen molar-refractivity contribution in [3.63, 3.8) is 0 Å². The zero-order valence-corrected chi connectivity index (χ0v) is 16.2. The molecule has 8 heteroatoms. The summed E-state index contributed by atoms with van der Waals surface area (Å²) in [7, 11) is 0. The van der Waals surface area contributed by atoms with Crippen LogP contribution in [0.1, 0.15) is 18.4 Å². The highest BCUT2D eigenvalue weighted by Gasteiger charge is 2.02. The van der Waals surface area contributed by atoms with E-state index in [1.54, 1.807) is 18.6 Å². The third kappa shape index (κ3) is 6.65. The number of nitrogens with zero attached hydrogens (tertiary/aromatic N) is 5. The Kier molecular flexibility index (Phi) is 9.66. The van der Waals surface area contributed by atoms with E-state index in [0.29, 0.717) is 13.1 Å². The van der Waals surface area contributed by atoms with Crippen LogP contribution >= 0.6 is 24.0 Å². The smallest absolute Gasteiger partial charge is 0.191 e. The molecule has 0 unspecified atom stereocenters. The SMILES string of the molecule is C=CCNC(=NCc1ccccn1)NCCn1cnnc1CC.I. The second-order valence-corrected chi connectivity index (χ2v) is 4.88. The van der Waals surface area contributed by atoms with Gasteiger partial charge in [0.15, 0.2) is 5.96 Å². The van der Waals surface area contributed by atoms with Crippen LogP contribution < -0.4 is 10.6 Å². The van der Waals surface area contributed by atoms with Crippen LogP contribution in [-0.2, 0) is 19.5 Å². The van der Waals surface area contributed by atoms with Gasteiger partial charge in [-0.15, -0.1) is 40.8 Å². The van der Waals surface area contributed by atoms with Gasteiger partial charge in [-0.1, -0.05) is 19.1 Å². The second kappa shape index (κ2) is 11.5. The molecule has 2 aromatic rings. The maximum absolute atomic E-state index is 4.54. The maximum Gasteiger partial charge on any atom is 0.191 e. The van der Waals surface area contributed by atoms with Gasteiger partial charge >= 0.3 is 0 Å². The number of hydrogen-bond acceptors (Lipinski definition) is 4. The fourth-order valence-corrected chi connectivity index (χ4v) is 2.03. The van der Waals surface area contributed by atoms with Gasteiger partial charge in [0.1, 0.15) is 12.2 Å². The molecule has 0 saturated carbocycles. The highest BCUT2D eigenvalue weighted by Crippen LogP contribution is 1.96. The number of pyridine rings is 1. The van der Waals surface area contributed by atoms with Crippen LogP contribution in [-0.4, -0.2) is 38.8 Å². The summed E-state index contributed by atoms with van der Waals surface area (Å²) in [6.07, 6.45) is 6.19. The molecular weight excluding hydrogens is 417 g/mol. The molecule has 0 aromatic carbocycles. The van der Waals surface area contributed by atoms with Crippen molar-refractivity contribution in [3.8, 4) is 0 Å². The molecule has 0 aliphatic heterocycles. The van der Waals surface area contributed by atoms with E-state index in [1.165, 1.54) is 0 Å². The number of nitrogens with one attached hydrogen (secondary N) is 2. The maximum atomic E-state index is 4.54. The molecule has 24 heavy (non-hydrogen) atoms. The van der Waals surface area contributed by atoms with Gasteiger partial charge in [0.25, 0.3) is 0 Å². The van der Waals surface area contributed by atoms with Crippen LogP contribution in [0.3, 0.4) is 0 Å². The number of aliphatic imine (C=N–C) groups is 1. The lowest BCUT2D eigenvalue weighted by atomic mass is 10.3. The van der Waals surface area contributed by atoms with Crippen molar-refractivity contribution in [2.75, 3.05) is 13.1 Å². The highest BCUT2D eigenvalue weighted by atomic mass is 127. The fraction of sp³-hybridized carbons (Fsp3) is 0.375. The standard InChI is InChI=1S/C16H23N7.HI/c1-3-8-18-16(20-12-14-7-5-6-9-17-14)19-10-11-23-13-21-22-15(23)4-2;/h3,5-7,9,13H,1,4,8,10-12H2,2H3,(H2,18,19,20);1H. The molecule has 130 valence electrons. The first kappa shape index (κ1) is 20.1. The molecule has 0 aliphatic carbocycles. The molecule has 2 heterocycles. The van der Waals surface area contributed by atoms with E-state index in [4.69, 9.17) is 0 Å². The molecular formula is C16H24IN7. The van der Waals surface area contributed by atoms with Crippen molar-refractivity contribution in [1.82, 2.24) is 30.4 Å². The molecule has 0 fully saturated rings. The monoisotopic (exact) mass is 441 g/mol. The van der Waals surface area contributed by atoms with Gasteiger partial charge in [-0.2, -0.15) is 0 Å². The molecule has 2 N–H and O–H groups in total. The number of hydrogen-bond donors (Lipinski definition) is 2. The molecule has 0 amide bonds. The molecule has 0 bridgehead atoms. The molecule has 2 rings (SSSR count). The predicted molar refractivity (Wildman–Crippen MR) is 106 cm³/mol. The van der Waals surface area contributed by atoms with Gasteiger partial charge in [0, 0.05) is 32.3 Å². The minimum absolute atomic E-state index is 0. The van der Waals surface area contributed by atoms with Crippen molar-refractivity contribution in [3.05, 3.63) is 54.9 Å². The Balaban J connectivity index is 0.00000288.